The van der Waals surface area contributed by atoms with Crippen LogP contribution in [0.2, 0.25) is 0 Å². The number of halogens is 6. The second kappa shape index (κ2) is 4.84. The predicted octanol–water partition coefficient (Wildman–Crippen LogP) is 3.65. The molecule has 1 aromatic heterocycles. The summed E-state index contributed by atoms with van der Waals surface area (Å²) in [5, 5.41) is 8.58. The fraction of sp³-hybridized carbons (Fsp3) is 0.333. The average molecular weight is 271 g/mol. The van der Waals surface area contributed by atoms with Crippen LogP contribution in [0.5, 0.6) is 0 Å². The minimum atomic E-state index is -4.91. The number of alkyl halides is 6. The van der Waals surface area contributed by atoms with Crippen molar-refractivity contribution in [3.05, 3.63) is 28.6 Å². The topological polar surface area (TPSA) is 36.7 Å². The van der Waals surface area contributed by atoms with E-state index in [-0.39, 0.29) is 0 Å². The molecule has 0 saturated carbocycles. The van der Waals surface area contributed by atoms with Gasteiger partial charge < -0.3 is 0 Å². The molecule has 1 rings (SSSR count). The largest absolute Gasteiger partial charge is 0.419 e. The first kappa shape index (κ1) is 13.6. The Bertz CT molecular complexity index is 464. The van der Waals surface area contributed by atoms with Crippen molar-refractivity contribution in [2.45, 2.75) is 18.5 Å². The van der Waals surface area contributed by atoms with Gasteiger partial charge in [-0.1, -0.05) is 0 Å². The lowest BCUT2D eigenvalue weighted by molar-refractivity contribution is -0.138. The maximum Gasteiger partial charge on any atom is 0.419 e. The van der Waals surface area contributed by atoms with Crippen LogP contribution in [0, 0.1) is 11.3 Å². The Labute approximate surface area is 97.6 Å². The van der Waals surface area contributed by atoms with Crippen molar-refractivity contribution in [1.82, 2.24) is 4.98 Å². The van der Waals surface area contributed by atoms with Gasteiger partial charge in [-0.3, -0.25) is 4.98 Å². The molecule has 0 aromatic carbocycles. The number of nitriles is 1. The van der Waals surface area contributed by atoms with Crippen molar-refractivity contribution in [2.75, 3.05) is 0 Å². The highest BCUT2D eigenvalue weighted by molar-refractivity contribution is 6.17. The van der Waals surface area contributed by atoms with Gasteiger partial charge in [0.25, 0.3) is 6.43 Å². The van der Waals surface area contributed by atoms with Crippen molar-refractivity contribution in [3.63, 3.8) is 0 Å². The molecule has 2 nitrogen and oxygen atoms in total. The molecule has 0 N–H and O–H groups in total. The average Bonchev–Trinajstić information content (AvgIpc) is 2.25. The number of nitrogens with zero attached hydrogens (tertiary/aromatic N) is 2. The molecular formula is C9H4ClF5N2. The second-order valence-corrected chi connectivity index (χ2v) is 3.22. The minimum absolute atomic E-state index is 0.335. The molecule has 0 spiro atoms. The highest BCUT2D eigenvalue weighted by atomic mass is 35.5. The van der Waals surface area contributed by atoms with Gasteiger partial charge in [-0.2, -0.15) is 18.4 Å². The summed E-state index contributed by atoms with van der Waals surface area (Å²) in [4.78, 5) is 3.21. The fourth-order valence-corrected chi connectivity index (χ4v) is 1.46. The third-order valence-electron chi connectivity index (χ3n) is 1.96. The molecule has 17 heavy (non-hydrogen) atoms. The summed E-state index contributed by atoms with van der Waals surface area (Å²) < 4.78 is 62.6. The molecule has 0 saturated heterocycles. The number of rotatable bonds is 2. The molecule has 92 valence electrons. The van der Waals surface area contributed by atoms with Gasteiger partial charge in [0.15, 0.2) is 0 Å². The van der Waals surface area contributed by atoms with E-state index in [9.17, 15) is 22.0 Å². The van der Waals surface area contributed by atoms with Crippen molar-refractivity contribution < 1.29 is 22.0 Å². The van der Waals surface area contributed by atoms with Gasteiger partial charge in [0, 0.05) is 6.20 Å². The summed E-state index contributed by atoms with van der Waals surface area (Å²) in [6, 6.07) is 1.13. The number of hydrogen-bond acceptors (Lipinski definition) is 2. The first-order valence-corrected chi connectivity index (χ1v) is 4.69. The van der Waals surface area contributed by atoms with E-state index in [2.05, 4.69) is 4.98 Å². The second-order valence-electron chi connectivity index (χ2n) is 2.95. The van der Waals surface area contributed by atoms with Gasteiger partial charge in [0.2, 0.25) is 0 Å². The van der Waals surface area contributed by atoms with Crippen molar-refractivity contribution in [3.8, 4) is 6.07 Å². The van der Waals surface area contributed by atoms with Gasteiger partial charge in [0.05, 0.1) is 28.3 Å². The normalized spacial score (nSPS) is 11.6. The smallest absolute Gasteiger partial charge is 0.259 e. The van der Waals surface area contributed by atoms with Crippen LogP contribution in [0.15, 0.2) is 6.20 Å². The minimum Gasteiger partial charge on any atom is -0.259 e. The first-order valence-electron chi connectivity index (χ1n) is 4.16. The Morgan fingerprint density at radius 1 is 1.41 bits per heavy atom. The van der Waals surface area contributed by atoms with Crippen LogP contribution in [0.3, 0.4) is 0 Å². The van der Waals surface area contributed by atoms with Crippen LogP contribution in [0.25, 0.3) is 0 Å². The molecule has 0 fully saturated rings. The van der Waals surface area contributed by atoms with Crippen molar-refractivity contribution >= 4 is 11.6 Å². The lowest BCUT2D eigenvalue weighted by atomic mass is 10.0. The van der Waals surface area contributed by atoms with E-state index in [4.69, 9.17) is 16.9 Å². The summed E-state index contributed by atoms with van der Waals surface area (Å²) in [6.07, 6.45) is -7.82. The van der Waals surface area contributed by atoms with Gasteiger partial charge in [-0.25, -0.2) is 8.78 Å². The Morgan fingerprint density at radius 3 is 2.35 bits per heavy atom. The molecular weight excluding hydrogens is 267 g/mol. The summed E-state index contributed by atoms with van der Waals surface area (Å²) in [5.74, 6) is -0.494. The highest BCUT2D eigenvalue weighted by Crippen LogP contribution is 2.36. The van der Waals surface area contributed by atoms with Gasteiger partial charge >= 0.3 is 6.18 Å². The van der Waals surface area contributed by atoms with Crippen LogP contribution in [-0.2, 0) is 12.1 Å². The Hall–Kier alpha value is -1.42. The van der Waals surface area contributed by atoms with Crippen LogP contribution in [0.1, 0.15) is 28.8 Å². The highest BCUT2D eigenvalue weighted by Gasteiger charge is 2.37. The number of pyridine rings is 1. The lowest BCUT2D eigenvalue weighted by Crippen LogP contribution is -2.13. The molecule has 0 bridgehead atoms. The van der Waals surface area contributed by atoms with E-state index in [0.29, 0.717) is 6.20 Å². The lowest BCUT2D eigenvalue weighted by Gasteiger charge is -2.13. The summed E-state index contributed by atoms with van der Waals surface area (Å²) in [7, 11) is 0. The maximum atomic E-state index is 12.6. The molecule has 0 unspecified atom stereocenters. The molecule has 0 aliphatic heterocycles. The molecule has 0 radical (unpaired) electrons. The van der Waals surface area contributed by atoms with Crippen LogP contribution in [-0.4, -0.2) is 4.98 Å². The zero-order chi connectivity index (χ0) is 13.2. The standard InChI is InChI=1S/C9H4ClF5N2/c10-1-6-7(8(11)12)4(2-16)5(3-17-6)9(13,14)15/h3,8H,1H2. The van der Waals surface area contributed by atoms with E-state index in [0.717, 1.165) is 6.07 Å². The van der Waals surface area contributed by atoms with E-state index < -0.39 is 40.9 Å². The van der Waals surface area contributed by atoms with E-state index in [1.807, 2.05) is 0 Å². The van der Waals surface area contributed by atoms with Gasteiger partial charge in [-0.15, -0.1) is 11.6 Å². The van der Waals surface area contributed by atoms with Crippen LogP contribution < -0.4 is 0 Å². The van der Waals surface area contributed by atoms with E-state index in [1.54, 1.807) is 0 Å². The fourth-order valence-electron chi connectivity index (χ4n) is 1.24. The Balaban J connectivity index is 3.60. The summed E-state index contributed by atoms with van der Waals surface area (Å²) >= 11 is 5.29. The first-order chi connectivity index (χ1) is 7.82. The zero-order valence-corrected chi connectivity index (χ0v) is 8.78. The molecule has 1 heterocycles. The van der Waals surface area contributed by atoms with E-state index >= 15 is 0 Å². The number of aromatic nitrogens is 1. The summed E-state index contributed by atoms with van der Waals surface area (Å²) in [5.41, 5.74) is -4.09. The third-order valence-corrected chi connectivity index (χ3v) is 2.21. The monoisotopic (exact) mass is 270 g/mol. The van der Waals surface area contributed by atoms with Gasteiger partial charge in [-0.05, 0) is 0 Å². The molecule has 8 heteroatoms. The number of hydrogen-bond donors (Lipinski definition) is 0. The Morgan fingerprint density at radius 2 is 2.00 bits per heavy atom. The van der Waals surface area contributed by atoms with Crippen molar-refractivity contribution in [2.24, 2.45) is 0 Å². The summed E-state index contributed by atoms with van der Waals surface area (Å²) in [6.45, 7) is 0. The predicted molar refractivity (Wildman–Crippen MR) is 48.5 cm³/mol. The molecule has 1 aromatic rings. The molecule has 0 atom stereocenters. The quantitative estimate of drug-likeness (QED) is 0.607. The van der Waals surface area contributed by atoms with Crippen molar-refractivity contribution in [1.29, 1.82) is 5.26 Å². The van der Waals surface area contributed by atoms with E-state index in [1.165, 1.54) is 0 Å². The molecule has 0 aliphatic carbocycles. The zero-order valence-electron chi connectivity index (χ0n) is 8.02. The Kier molecular flexibility index (Phi) is 3.88. The van der Waals surface area contributed by atoms with Crippen LogP contribution in [0.4, 0.5) is 22.0 Å². The molecule has 0 aliphatic rings. The molecule has 0 amide bonds. The maximum absolute atomic E-state index is 12.6. The van der Waals surface area contributed by atoms with Gasteiger partial charge in [0.1, 0.15) is 6.07 Å². The third kappa shape index (κ3) is 2.64. The SMILES string of the molecule is N#Cc1c(C(F)(F)F)cnc(CCl)c1C(F)F. The van der Waals surface area contributed by atoms with Crippen LogP contribution >= 0.6 is 11.6 Å².